The summed E-state index contributed by atoms with van der Waals surface area (Å²) in [6.45, 7) is 3.51. The Kier molecular flexibility index (Phi) is 39.7. The van der Waals surface area contributed by atoms with Gasteiger partial charge in [0.2, 0.25) is 0 Å². The van der Waals surface area contributed by atoms with E-state index >= 15 is 0 Å². The maximum absolute atomic E-state index is 12.6. The number of hydrogen-bond donors (Lipinski definition) is 2. The molecule has 0 radical (unpaired) electrons. The fourth-order valence-corrected chi connectivity index (χ4v) is 6.09. The number of ether oxygens (including phenoxy) is 2. The van der Waals surface area contributed by atoms with Crippen LogP contribution in [0.3, 0.4) is 0 Å². The monoisotopic (exact) mass is 804 g/mol. The van der Waals surface area contributed by atoms with Gasteiger partial charge in [0.1, 0.15) is 6.61 Å². The molecule has 0 aliphatic heterocycles. The van der Waals surface area contributed by atoms with Crippen LogP contribution in [0.5, 0.6) is 0 Å². The highest BCUT2D eigenvalue weighted by molar-refractivity contribution is 7.47. The summed E-state index contributed by atoms with van der Waals surface area (Å²) in [7, 11) is -4.39. The standard InChI is InChI=1S/C46H78NO8P/c1-3-5-7-9-11-13-15-17-19-20-21-22-23-24-25-27-29-31-33-35-37-39-46(49)55-44(43-54-56(50,51)53-41-40-47)42-52-45(48)38-36-34-32-30-28-26-18-16-14-12-10-8-6-4-2/h5,7,10-13,16-19,21-22,24-25,44H,3-4,6,8-9,14-15,20,23,26-43,47H2,1-2H3,(H,50,51)/b7-5-,12-10-,13-11-,18-16-,19-17-,22-21-,25-24-. The first-order chi connectivity index (χ1) is 27.3. The second-order valence-electron chi connectivity index (χ2n) is 13.8. The molecule has 0 saturated carbocycles. The molecule has 0 aliphatic carbocycles. The summed E-state index contributed by atoms with van der Waals surface area (Å²) in [6, 6.07) is 0. The Bertz CT molecular complexity index is 1190. The van der Waals surface area contributed by atoms with Gasteiger partial charge in [-0.15, -0.1) is 0 Å². The van der Waals surface area contributed by atoms with Crippen LogP contribution in [-0.4, -0.2) is 49.3 Å². The summed E-state index contributed by atoms with van der Waals surface area (Å²) >= 11 is 0. The van der Waals surface area contributed by atoms with Gasteiger partial charge in [0.25, 0.3) is 0 Å². The van der Waals surface area contributed by atoms with E-state index in [4.69, 9.17) is 24.3 Å². The van der Waals surface area contributed by atoms with Crippen molar-refractivity contribution in [2.24, 2.45) is 5.73 Å². The summed E-state index contributed by atoms with van der Waals surface area (Å²) in [5.74, 6) is -0.875. The highest BCUT2D eigenvalue weighted by Gasteiger charge is 2.26. The fourth-order valence-electron chi connectivity index (χ4n) is 5.32. The molecule has 0 heterocycles. The number of carbonyl (C=O) groups excluding carboxylic acids is 2. The van der Waals surface area contributed by atoms with Gasteiger partial charge in [-0.3, -0.25) is 18.6 Å². The molecule has 0 aromatic rings. The van der Waals surface area contributed by atoms with Crippen molar-refractivity contribution in [2.45, 2.75) is 168 Å². The van der Waals surface area contributed by atoms with Gasteiger partial charge in [0.15, 0.2) is 6.10 Å². The van der Waals surface area contributed by atoms with E-state index in [-0.39, 0.29) is 32.6 Å². The number of phosphoric acid groups is 1. The molecule has 0 aromatic heterocycles. The van der Waals surface area contributed by atoms with Crippen molar-refractivity contribution in [3.8, 4) is 0 Å². The molecule has 2 unspecified atom stereocenters. The smallest absolute Gasteiger partial charge is 0.462 e. The first kappa shape index (κ1) is 53.2. The number of carbonyl (C=O) groups is 2. The van der Waals surface area contributed by atoms with Gasteiger partial charge in [-0.2, -0.15) is 0 Å². The lowest BCUT2D eigenvalue weighted by atomic mass is 10.1. The van der Waals surface area contributed by atoms with Crippen LogP contribution >= 0.6 is 7.82 Å². The zero-order chi connectivity index (χ0) is 41.1. The van der Waals surface area contributed by atoms with Crippen molar-refractivity contribution in [3.63, 3.8) is 0 Å². The third-order valence-corrected chi connectivity index (χ3v) is 9.50. The second kappa shape index (κ2) is 41.8. The predicted molar refractivity (Wildman–Crippen MR) is 233 cm³/mol. The van der Waals surface area contributed by atoms with Crippen LogP contribution in [0.4, 0.5) is 0 Å². The van der Waals surface area contributed by atoms with Crippen molar-refractivity contribution in [3.05, 3.63) is 85.1 Å². The second-order valence-corrected chi connectivity index (χ2v) is 15.3. The summed E-state index contributed by atoms with van der Waals surface area (Å²) < 4.78 is 32.7. The van der Waals surface area contributed by atoms with Gasteiger partial charge < -0.3 is 20.1 Å². The SMILES string of the molecule is CC/C=C\C/C=C\C/C=C\C/C=C\C/C=C\CCCCCCCC(=O)OC(COC(=O)CCCCCCC/C=C\C/C=C\CCCC)COP(=O)(O)OCCN. The molecule has 2 atom stereocenters. The van der Waals surface area contributed by atoms with E-state index < -0.39 is 32.5 Å². The number of esters is 2. The van der Waals surface area contributed by atoms with Crippen LogP contribution in [0.2, 0.25) is 0 Å². The zero-order valence-corrected chi connectivity index (χ0v) is 36.0. The average molecular weight is 804 g/mol. The Hall–Kier alpha value is -2.81. The molecule has 56 heavy (non-hydrogen) atoms. The molecule has 0 amide bonds. The van der Waals surface area contributed by atoms with E-state index in [2.05, 4.69) is 98.9 Å². The maximum Gasteiger partial charge on any atom is 0.472 e. The quantitative estimate of drug-likeness (QED) is 0.0269. The number of rotatable bonds is 39. The Morgan fingerprint density at radius 3 is 1.46 bits per heavy atom. The van der Waals surface area contributed by atoms with Gasteiger partial charge in [-0.1, -0.05) is 150 Å². The van der Waals surface area contributed by atoms with Gasteiger partial charge >= 0.3 is 19.8 Å². The lowest BCUT2D eigenvalue weighted by molar-refractivity contribution is -0.161. The van der Waals surface area contributed by atoms with Crippen LogP contribution in [0.25, 0.3) is 0 Å². The lowest BCUT2D eigenvalue weighted by Gasteiger charge is -2.19. The third kappa shape index (κ3) is 40.8. The van der Waals surface area contributed by atoms with Crippen molar-refractivity contribution >= 4 is 19.8 Å². The minimum absolute atomic E-state index is 0.0431. The van der Waals surface area contributed by atoms with E-state index in [0.29, 0.717) is 12.8 Å². The number of hydrogen-bond acceptors (Lipinski definition) is 8. The molecular weight excluding hydrogens is 725 g/mol. The van der Waals surface area contributed by atoms with Crippen molar-refractivity contribution in [2.75, 3.05) is 26.4 Å². The molecule has 9 nitrogen and oxygen atoms in total. The average Bonchev–Trinajstić information content (AvgIpc) is 3.18. The molecule has 0 spiro atoms. The minimum atomic E-state index is -4.39. The van der Waals surface area contributed by atoms with Gasteiger partial charge in [0.05, 0.1) is 13.2 Å². The fraction of sp³-hybridized carbons (Fsp3) is 0.652. The van der Waals surface area contributed by atoms with Gasteiger partial charge in [0, 0.05) is 19.4 Å². The van der Waals surface area contributed by atoms with E-state index in [1.807, 2.05) is 0 Å². The van der Waals surface area contributed by atoms with Crippen LogP contribution in [0.15, 0.2) is 85.1 Å². The Morgan fingerprint density at radius 1 is 0.554 bits per heavy atom. The third-order valence-electron chi connectivity index (χ3n) is 8.52. The van der Waals surface area contributed by atoms with E-state index in [1.54, 1.807) is 0 Å². The Morgan fingerprint density at radius 2 is 0.982 bits per heavy atom. The molecule has 0 aromatic carbocycles. The maximum atomic E-state index is 12.6. The largest absolute Gasteiger partial charge is 0.472 e. The molecule has 3 N–H and O–H groups in total. The molecule has 0 fully saturated rings. The number of allylic oxidation sites excluding steroid dienone is 14. The molecule has 0 aliphatic rings. The van der Waals surface area contributed by atoms with Crippen LogP contribution in [0.1, 0.15) is 162 Å². The first-order valence-electron chi connectivity index (χ1n) is 21.6. The van der Waals surface area contributed by atoms with Crippen molar-refractivity contribution in [1.29, 1.82) is 0 Å². The number of nitrogens with two attached hydrogens (primary N) is 1. The molecule has 0 saturated heterocycles. The highest BCUT2D eigenvalue weighted by atomic mass is 31.2. The molecule has 0 rings (SSSR count). The van der Waals surface area contributed by atoms with Crippen molar-refractivity contribution in [1.82, 2.24) is 0 Å². The number of phosphoric ester groups is 1. The Labute approximate surface area is 341 Å². The zero-order valence-electron chi connectivity index (χ0n) is 35.1. The summed E-state index contributed by atoms with van der Waals surface area (Å²) in [4.78, 5) is 34.9. The number of unbranched alkanes of at least 4 members (excludes halogenated alkanes) is 12. The molecule has 0 bridgehead atoms. The topological polar surface area (TPSA) is 134 Å². The summed E-state index contributed by atoms with van der Waals surface area (Å²) in [5, 5.41) is 0. The summed E-state index contributed by atoms with van der Waals surface area (Å²) in [6.07, 6.45) is 51.8. The first-order valence-corrected chi connectivity index (χ1v) is 23.1. The van der Waals surface area contributed by atoms with Crippen molar-refractivity contribution < 1.29 is 37.6 Å². The normalized spacial score (nSPS) is 14.1. The molecule has 10 heteroatoms. The van der Waals surface area contributed by atoms with Crippen LogP contribution in [0, 0.1) is 0 Å². The van der Waals surface area contributed by atoms with E-state index in [9.17, 15) is 19.0 Å². The summed E-state index contributed by atoms with van der Waals surface area (Å²) in [5.41, 5.74) is 5.34. The van der Waals surface area contributed by atoms with Gasteiger partial charge in [-0.25, -0.2) is 4.57 Å². The van der Waals surface area contributed by atoms with E-state index in [0.717, 1.165) is 109 Å². The highest BCUT2D eigenvalue weighted by Crippen LogP contribution is 2.43. The van der Waals surface area contributed by atoms with Crippen LogP contribution in [-0.2, 0) is 32.7 Å². The van der Waals surface area contributed by atoms with Crippen LogP contribution < -0.4 is 5.73 Å². The van der Waals surface area contributed by atoms with Gasteiger partial charge in [-0.05, 0) is 83.5 Å². The predicted octanol–water partition coefficient (Wildman–Crippen LogP) is 12.4. The molecular formula is C46H78NO8P. The van der Waals surface area contributed by atoms with E-state index in [1.165, 1.54) is 12.8 Å². The lowest BCUT2D eigenvalue weighted by Crippen LogP contribution is -2.29. The Balaban J connectivity index is 4.23. The minimum Gasteiger partial charge on any atom is -0.462 e. The molecule has 320 valence electrons.